The topological polar surface area (TPSA) is 137 Å². The number of piperidine rings is 1. The number of aromatic amines is 1. The summed E-state index contributed by atoms with van der Waals surface area (Å²) in [5.41, 5.74) is 10.2. The summed E-state index contributed by atoms with van der Waals surface area (Å²) in [6, 6.07) is 6.23. The fourth-order valence-electron chi connectivity index (χ4n) is 5.15. The number of alkyl halides is 3. The smallest absolute Gasteiger partial charge is 0.475 e. The van der Waals surface area contributed by atoms with E-state index in [9.17, 15) is 26.4 Å². The SMILES string of the molecule is CCS(=O)(=O)N1CCC(c2c[nH]c3c(C(N)=O)cc(-c4csc(CN(C)CC(C)C)c4)cc23)CC1.O=C(O)C(F)(F)F. The molecule has 1 saturated heterocycles. The van der Waals surface area contributed by atoms with Gasteiger partial charge < -0.3 is 20.7 Å². The maximum Gasteiger partial charge on any atom is 0.490 e. The lowest BCUT2D eigenvalue weighted by molar-refractivity contribution is -0.192. The third-order valence-corrected chi connectivity index (χ3v) is 9.87. The molecule has 9 nitrogen and oxygen atoms in total. The molecule has 1 aliphatic rings. The minimum absolute atomic E-state index is 0.131. The molecule has 0 unspecified atom stereocenters. The van der Waals surface area contributed by atoms with Crippen molar-refractivity contribution in [1.29, 1.82) is 0 Å². The highest BCUT2D eigenvalue weighted by Gasteiger charge is 2.38. The van der Waals surface area contributed by atoms with Gasteiger partial charge in [0.25, 0.3) is 5.91 Å². The number of benzene rings is 1. The molecule has 0 bridgehead atoms. The minimum Gasteiger partial charge on any atom is -0.475 e. The summed E-state index contributed by atoms with van der Waals surface area (Å²) in [5.74, 6) is -2.24. The Morgan fingerprint density at radius 3 is 2.33 bits per heavy atom. The van der Waals surface area contributed by atoms with Crippen molar-refractivity contribution in [1.82, 2.24) is 14.2 Å². The highest BCUT2D eigenvalue weighted by molar-refractivity contribution is 7.89. The Balaban J connectivity index is 0.000000616. The maximum absolute atomic E-state index is 12.3. The molecular weight excluding hydrogens is 593 g/mol. The Morgan fingerprint density at radius 1 is 1.19 bits per heavy atom. The Labute approximate surface area is 247 Å². The Bertz CT molecular complexity index is 1510. The van der Waals surface area contributed by atoms with Crippen molar-refractivity contribution in [3.63, 3.8) is 0 Å². The number of amides is 1. The second-order valence-corrected chi connectivity index (χ2v) is 14.1. The predicted molar refractivity (Wildman–Crippen MR) is 158 cm³/mol. The van der Waals surface area contributed by atoms with Crippen molar-refractivity contribution in [2.24, 2.45) is 11.7 Å². The van der Waals surface area contributed by atoms with Crippen molar-refractivity contribution >= 4 is 44.1 Å². The third-order valence-electron chi connectivity index (χ3n) is 7.07. The fraction of sp³-hybridized carbons (Fsp3) is 0.500. The molecule has 0 atom stereocenters. The molecule has 232 valence electrons. The Kier molecular flexibility index (Phi) is 10.8. The van der Waals surface area contributed by atoms with Crippen LogP contribution in [0.4, 0.5) is 13.2 Å². The van der Waals surface area contributed by atoms with Gasteiger partial charge in [-0.05, 0) is 78.9 Å². The number of H-pyrrole nitrogens is 1. The molecule has 3 heterocycles. The number of nitrogens with two attached hydrogens (primary N) is 1. The quantitative estimate of drug-likeness (QED) is 0.296. The zero-order valence-electron chi connectivity index (χ0n) is 24.0. The fourth-order valence-corrected chi connectivity index (χ4v) is 7.25. The maximum atomic E-state index is 12.3. The van der Waals surface area contributed by atoms with Crippen molar-refractivity contribution in [2.45, 2.75) is 52.3 Å². The lowest BCUT2D eigenvalue weighted by atomic mass is 9.88. The first-order valence-corrected chi connectivity index (χ1v) is 16.0. The van der Waals surface area contributed by atoms with Crippen LogP contribution in [0.3, 0.4) is 0 Å². The second-order valence-electron chi connectivity index (χ2n) is 10.8. The van der Waals surface area contributed by atoms with E-state index < -0.39 is 28.1 Å². The van der Waals surface area contributed by atoms with Crippen LogP contribution in [0.2, 0.25) is 0 Å². The van der Waals surface area contributed by atoms with Crippen LogP contribution in [0.1, 0.15) is 60.3 Å². The number of carbonyl (C=O) groups excluding carboxylic acids is 1. The molecule has 1 fully saturated rings. The lowest BCUT2D eigenvalue weighted by Gasteiger charge is -2.31. The molecule has 1 amide bonds. The second kappa shape index (κ2) is 13.6. The normalized spacial score (nSPS) is 15.3. The largest absolute Gasteiger partial charge is 0.490 e. The van der Waals surface area contributed by atoms with Crippen molar-refractivity contribution < 1.29 is 36.3 Å². The van der Waals surface area contributed by atoms with Crippen molar-refractivity contribution in [3.05, 3.63) is 45.8 Å². The van der Waals surface area contributed by atoms with Gasteiger partial charge in [-0.1, -0.05) is 13.8 Å². The molecule has 42 heavy (non-hydrogen) atoms. The van der Waals surface area contributed by atoms with E-state index in [-0.39, 0.29) is 11.7 Å². The van der Waals surface area contributed by atoms with Gasteiger partial charge in [0.05, 0.1) is 16.8 Å². The lowest BCUT2D eigenvalue weighted by Crippen LogP contribution is -2.38. The van der Waals surface area contributed by atoms with Crippen LogP contribution >= 0.6 is 11.3 Å². The third kappa shape index (κ3) is 8.33. The van der Waals surface area contributed by atoms with Gasteiger partial charge in [-0.25, -0.2) is 17.5 Å². The molecule has 1 aromatic carbocycles. The summed E-state index contributed by atoms with van der Waals surface area (Å²) < 4.78 is 57.9. The molecule has 14 heteroatoms. The monoisotopic (exact) mass is 630 g/mol. The molecular formula is C28H37F3N4O5S2. The van der Waals surface area contributed by atoms with E-state index in [2.05, 4.69) is 48.3 Å². The van der Waals surface area contributed by atoms with E-state index in [4.69, 9.17) is 15.6 Å². The first kappa shape index (κ1) is 33.6. The molecule has 0 radical (unpaired) electrons. The number of rotatable bonds is 9. The number of sulfonamides is 1. The van der Waals surface area contributed by atoms with Crippen molar-refractivity contribution in [2.75, 3.05) is 32.4 Å². The number of primary amides is 1. The number of hydrogen-bond acceptors (Lipinski definition) is 6. The van der Waals surface area contributed by atoms with Crippen molar-refractivity contribution in [3.8, 4) is 11.1 Å². The standard InChI is InChI=1S/C26H36N4O3S2.C2HF3O2/c1-5-35(32,33)30-8-6-18(7-9-30)24-13-28-25-22(24)11-19(12-23(25)26(27)31)20-10-21(34-16-20)15-29(4)14-17(2)3;3-2(4,5)1(6)7/h10-13,16-18,28H,5-9,14-15H2,1-4H3,(H2,27,31);(H,6,7). The van der Waals surface area contributed by atoms with Crippen LogP contribution in [0.5, 0.6) is 0 Å². The van der Waals surface area contributed by atoms with E-state index in [1.165, 1.54) is 4.88 Å². The van der Waals surface area contributed by atoms with E-state index in [0.29, 0.717) is 24.6 Å². The Morgan fingerprint density at radius 2 is 1.81 bits per heavy atom. The highest BCUT2D eigenvalue weighted by atomic mass is 32.2. The van der Waals surface area contributed by atoms with Crippen LogP contribution in [-0.4, -0.2) is 78.2 Å². The number of hydrogen-bond donors (Lipinski definition) is 3. The van der Waals surface area contributed by atoms with Gasteiger partial charge in [0, 0.05) is 42.6 Å². The molecule has 0 aliphatic carbocycles. The van der Waals surface area contributed by atoms with E-state index in [1.807, 2.05) is 12.3 Å². The zero-order valence-corrected chi connectivity index (χ0v) is 25.6. The molecule has 2 aromatic heterocycles. The number of aliphatic carboxylic acids is 1. The van der Waals surface area contributed by atoms with Gasteiger partial charge in [0.2, 0.25) is 10.0 Å². The molecule has 0 spiro atoms. The number of thiophene rings is 1. The van der Waals surface area contributed by atoms with Gasteiger partial charge in [0.15, 0.2) is 0 Å². The number of carboxylic acids is 1. The van der Waals surface area contributed by atoms with Gasteiger partial charge in [0.1, 0.15) is 0 Å². The number of carbonyl (C=O) groups is 2. The zero-order chi connectivity index (χ0) is 31.4. The number of halogens is 3. The number of carboxylic acid groups (broad SMARTS) is 1. The van der Waals surface area contributed by atoms with E-state index in [1.54, 1.807) is 22.6 Å². The Hall–Kier alpha value is -2.94. The summed E-state index contributed by atoms with van der Waals surface area (Å²) in [7, 11) is -1.03. The van der Waals surface area contributed by atoms with Gasteiger partial charge in [-0.3, -0.25) is 4.79 Å². The predicted octanol–water partition coefficient (Wildman–Crippen LogP) is 5.25. The van der Waals surface area contributed by atoms with E-state index >= 15 is 0 Å². The van der Waals surface area contributed by atoms with Crippen LogP contribution < -0.4 is 5.73 Å². The van der Waals surface area contributed by atoms with Crippen LogP contribution in [0, 0.1) is 5.92 Å². The van der Waals surface area contributed by atoms with E-state index in [0.717, 1.165) is 53.5 Å². The first-order chi connectivity index (χ1) is 19.5. The summed E-state index contributed by atoms with van der Waals surface area (Å²) in [4.78, 5) is 28.1. The molecule has 1 aliphatic heterocycles. The minimum atomic E-state index is -5.08. The molecule has 4 rings (SSSR count). The van der Waals surface area contributed by atoms with Crippen LogP contribution in [0.25, 0.3) is 22.0 Å². The number of aromatic nitrogens is 1. The summed E-state index contributed by atoms with van der Waals surface area (Å²) in [6.45, 7) is 9.10. The van der Waals surface area contributed by atoms with Crippen LogP contribution in [0.15, 0.2) is 29.8 Å². The van der Waals surface area contributed by atoms with Gasteiger partial charge in [-0.2, -0.15) is 13.2 Å². The summed E-state index contributed by atoms with van der Waals surface area (Å²) >= 11 is 1.73. The summed E-state index contributed by atoms with van der Waals surface area (Å²) in [5, 5.41) is 10.3. The molecule has 0 saturated carbocycles. The molecule has 4 N–H and O–H groups in total. The average Bonchev–Trinajstić information content (AvgIpc) is 3.54. The highest BCUT2D eigenvalue weighted by Crippen LogP contribution is 2.38. The van der Waals surface area contributed by atoms with Gasteiger partial charge >= 0.3 is 12.1 Å². The molecule has 3 aromatic rings. The van der Waals surface area contributed by atoms with Gasteiger partial charge in [-0.15, -0.1) is 11.3 Å². The first-order valence-electron chi connectivity index (χ1n) is 13.5. The number of fused-ring (bicyclic) bond motifs is 1. The summed E-state index contributed by atoms with van der Waals surface area (Å²) in [6.07, 6.45) is -1.60. The van der Waals surface area contributed by atoms with Crippen LogP contribution in [-0.2, 0) is 21.4 Å². The number of nitrogens with one attached hydrogen (secondary N) is 1. The number of nitrogens with zero attached hydrogens (tertiary/aromatic N) is 2. The average molecular weight is 631 g/mol.